The molecule has 0 amide bonds. The van der Waals surface area contributed by atoms with Crippen molar-refractivity contribution in [2.75, 3.05) is 20.8 Å². The van der Waals surface area contributed by atoms with Crippen LogP contribution in [0.15, 0.2) is 42.5 Å². The number of hydrogen-bond donors (Lipinski definition) is 0. The Labute approximate surface area is 167 Å². The first kappa shape index (κ1) is 21.9. The fraction of sp³-hybridized carbons (Fsp3) is 0.435. The number of hydrogen-bond acceptors (Lipinski definition) is 5. The number of rotatable bonds is 11. The maximum absolute atomic E-state index is 12.3. The van der Waals surface area contributed by atoms with Crippen LogP contribution in [0.2, 0.25) is 0 Å². The van der Waals surface area contributed by atoms with Crippen molar-refractivity contribution in [3.05, 3.63) is 59.2 Å². The van der Waals surface area contributed by atoms with E-state index >= 15 is 0 Å². The van der Waals surface area contributed by atoms with Gasteiger partial charge in [0.2, 0.25) is 0 Å². The zero-order valence-electron chi connectivity index (χ0n) is 17.2. The van der Waals surface area contributed by atoms with Gasteiger partial charge >= 0.3 is 5.97 Å². The van der Waals surface area contributed by atoms with Crippen molar-refractivity contribution in [1.29, 1.82) is 0 Å². The zero-order valence-corrected chi connectivity index (χ0v) is 17.2. The van der Waals surface area contributed by atoms with Crippen molar-refractivity contribution in [3.63, 3.8) is 0 Å². The fourth-order valence-corrected chi connectivity index (χ4v) is 2.85. The van der Waals surface area contributed by atoms with Gasteiger partial charge in [-0.25, -0.2) is 0 Å². The molecule has 0 saturated carbocycles. The van der Waals surface area contributed by atoms with Gasteiger partial charge in [0, 0.05) is 25.3 Å². The molecule has 0 aromatic heterocycles. The average Bonchev–Trinajstić information content (AvgIpc) is 2.70. The summed E-state index contributed by atoms with van der Waals surface area (Å²) < 4.78 is 21.7. The molecule has 0 radical (unpaired) electrons. The highest BCUT2D eigenvalue weighted by molar-refractivity contribution is 5.73. The predicted octanol–water partition coefficient (Wildman–Crippen LogP) is 4.87. The summed E-state index contributed by atoms with van der Waals surface area (Å²) >= 11 is 0. The van der Waals surface area contributed by atoms with Crippen LogP contribution < -0.4 is 9.47 Å². The third-order valence-electron chi connectivity index (χ3n) is 4.63. The van der Waals surface area contributed by atoms with Gasteiger partial charge in [-0.15, -0.1) is 0 Å². The van der Waals surface area contributed by atoms with Gasteiger partial charge in [-0.2, -0.15) is 0 Å². The summed E-state index contributed by atoms with van der Waals surface area (Å²) in [5.74, 6) is 1.43. The Balaban J connectivity index is 1.92. The monoisotopic (exact) mass is 386 g/mol. The summed E-state index contributed by atoms with van der Waals surface area (Å²) in [5, 5.41) is 0. The minimum atomic E-state index is -0.350. The molecular weight excluding hydrogens is 356 g/mol. The quantitative estimate of drug-likeness (QED) is 0.407. The van der Waals surface area contributed by atoms with E-state index in [2.05, 4.69) is 26.0 Å². The zero-order chi connectivity index (χ0) is 20.4. The van der Waals surface area contributed by atoms with Crippen LogP contribution in [0.25, 0.3) is 0 Å². The Morgan fingerprint density at radius 3 is 2.11 bits per heavy atom. The Hall–Kier alpha value is -2.37. The van der Waals surface area contributed by atoms with Crippen molar-refractivity contribution < 1.29 is 23.7 Å². The van der Waals surface area contributed by atoms with E-state index in [1.165, 1.54) is 5.56 Å². The van der Waals surface area contributed by atoms with Crippen LogP contribution in [0.5, 0.6) is 11.5 Å². The highest BCUT2D eigenvalue weighted by Gasteiger charge is 2.14. The summed E-state index contributed by atoms with van der Waals surface area (Å²) in [6, 6.07) is 13.7. The molecule has 5 nitrogen and oxygen atoms in total. The second-order valence-electron chi connectivity index (χ2n) is 6.72. The molecule has 2 aromatic carbocycles. The minimum Gasteiger partial charge on any atom is -0.493 e. The number of esters is 1. The Kier molecular flexibility index (Phi) is 8.98. The summed E-state index contributed by atoms with van der Waals surface area (Å²) in [5.41, 5.74) is 2.91. The van der Waals surface area contributed by atoms with Crippen LogP contribution in [0.1, 0.15) is 49.3 Å². The molecule has 1 atom stereocenters. The summed E-state index contributed by atoms with van der Waals surface area (Å²) in [6.45, 7) is 5.35. The lowest BCUT2D eigenvalue weighted by Gasteiger charge is -2.14. The smallest absolute Gasteiger partial charge is 0.314 e. The van der Waals surface area contributed by atoms with Gasteiger partial charge in [0.15, 0.2) is 0 Å². The van der Waals surface area contributed by atoms with Crippen LogP contribution in [-0.2, 0) is 27.5 Å². The van der Waals surface area contributed by atoms with Crippen molar-refractivity contribution in [1.82, 2.24) is 0 Å². The van der Waals surface area contributed by atoms with E-state index in [1.54, 1.807) is 14.2 Å². The SMILES string of the molecule is CCC(C)c1ccc(OCCC(=O)Oc2c(COC)cccc2COC)cc1. The summed E-state index contributed by atoms with van der Waals surface area (Å²) in [6.07, 6.45) is 1.25. The molecule has 0 N–H and O–H groups in total. The molecule has 0 aliphatic rings. The molecular formula is C23H30O5. The lowest BCUT2D eigenvalue weighted by Crippen LogP contribution is -2.15. The Morgan fingerprint density at radius 1 is 0.964 bits per heavy atom. The highest BCUT2D eigenvalue weighted by Crippen LogP contribution is 2.26. The fourth-order valence-electron chi connectivity index (χ4n) is 2.85. The van der Waals surface area contributed by atoms with Crippen LogP contribution in [0, 0.1) is 0 Å². The normalized spacial score (nSPS) is 11.9. The second kappa shape index (κ2) is 11.5. The van der Waals surface area contributed by atoms with Crippen molar-refractivity contribution in [2.24, 2.45) is 0 Å². The molecule has 2 aromatic rings. The Bertz CT molecular complexity index is 715. The Morgan fingerprint density at radius 2 is 1.57 bits per heavy atom. The molecule has 0 aliphatic carbocycles. The van der Waals surface area contributed by atoms with Crippen LogP contribution in [0.3, 0.4) is 0 Å². The van der Waals surface area contributed by atoms with Gasteiger partial charge in [0.25, 0.3) is 0 Å². The van der Waals surface area contributed by atoms with Crippen LogP contribution in [-0.4, -0.2) is 26.8 Å². The largest absolute Gasteiger partial charge is 0.493 e. The molecule has 0 heterocycles. The number of carbonyl (C=O) groups excluding carboxylic acids is 1. The first-order valence-electron chi connectivity index (χ1n) is 9.61. The standard InChI is InChI=1S/C23H30O5/c1-5-17(2)18-9-11-21(12-10-18)27-14-13-22(24)28-23-19(15-25-3)7-6-8-20(23)16-26-4/h6-12,17H,5,13-16H2,1-4H3. The van der Waals surface area contributed by atoms with E-state index in [0.29, 0.717) is 24.9 Å². The van der Waals surface area contributed by atoms with Gasteiger partial charge in [-0.05, 0) is 30.0 Å². The van der Waals surface area contributed by atoms with E-state index in [9.17, 15) is 4.79 Å². The molecule has 1 unspecified atom stereocenters. The van der Waals surface area contributed by atoms with E-state index in [0.717, 1.165) is 23.3 Å². The van der Waals surface area contributed by atoms with Crippen molar-refractivity contribution in [3.8, 4) is 11.5 Å². The number of benzene rings is 2. The second-order valence-corrected chi connectivity index (χ2v) is 6.72. The maximum atomic E-state index is 12.3. The molecule has 0 bridgehead atoms. The maximum Gasteiger partial charge on any atom is 0.314 e. The van der Waals surface area contributed by atoms with E-state index < -0.39 is 0 Å². The van der Waals surface area contributed by atoms with E-state index in [4.69, 9.17) is 18.9 Å². The molecule has 2 rings (SSSR count). The first-order valence-corrected chi connectivity index (χ1v) is 9.61. The lowest BCUT2D eigenvalue weighted by molar-refractivity contribution is -0.135. The number of ether oxygens (including phenoxy) is 4. The minimum absolute atomic E-state index is 0.154. The number of para-hydroxylation sites is 1. The van der Waals surface area contributed by atoms with Gasteiger partial charge in [0.05, 0.1) is 26.2 Å². The molecule has 5 heteroatoms. The third-order valence-corrected chi connectivity index (χ3v) is 4.63. The topological polar surface area (TPSA) is 54.0 Å². The summed E-state index contributed by atoms with van der Waals surface area (Å²) in [4.78, 5) is 12.3. The van der Waals surface area contributed by atoms with Gasteiger partial charge in [0.1, 0.15) is 11.5 Å². The van der Waals surface area contributed by atoms with Crippen LogP contribution >= 0.6 is 0 Å². The lowest BCUT2D eigenvalue weighted by atomic mass is 9.99. The van der Waals surface area contributed by atoms with Crippen LogP contribution in [0.4, 0.5) is 0 Å². The molecule has 28 heavy (non-hydrogen) atoms. The molecule has 0 aliphatic heterocycles. The number of carbonyl (C=O) groups is 1. The third kappa shape index (κ3) is 6.36. The van der Waals surface area contributed by atoms with Gasteiger partial charge in [-0.3, -0.25) is 4.79 Å². The van der Waals surface area contributed by atoms with Crippen molar-refractivity contribution >= 4 is 5.97 Å². The molecule has 0 fully saturated rings. The molecule has 0 saturated heterocycles. The van der Waals surface area contributed by atoms with Gasteiger partial charge < -0.3 is 18.9 Å². The summed E-state index contributed by atoms with van der Waals surface area (Å²) in [7, 11) is 3.21. The average molecular weight is 386 g/mol. The van der Waals surface area contributed by atoms with E-state index in [1.807, 2.05) is 30.3 Å². The van der Waals surface area contributed by atoms with Crippen molar-refractivity contribution in [2.45, 2.75) is 45.8 Å². The van der Waals surface area contributed by atoms with Gasteiger partial charge in [-0.1, -0.05) is 44.2 Å². The number of methoxy groups -OCH3 is 2. The van der Waals surface area contributed by atoms with E-state index in [-0.39, 0.29) is 19.0 Å². The predicted molar refractivity (Wildman–Crippen MR) is 109 cm³/mol. The molecule has 0 spiro atoms. The highest BCUT2D eigenvalue weighted by atomic mass is 16.5. The molecule has 152 valence electrons. The first-order chi connectivity index (χ1) is 13.6.